The second kappa shape index (κ2) is 3.35. The molecule has 82 valence electrons. The highest BCUT2D eigenvalue weighted by Gasteiger charge is 2.28. The monoisotopic (exact) mass is 215 g/mol. The number of nitrogens with zero attached hydrogens (tertiary/aromatic N) is 1. The van der Waals surface area contributed by atoms with Crippen molar-refractivity contribution in [2.45, 2.75) is 12.5 Å². The molecule has 1 aromatic heterocycles. The molecule has 0 bridgehead atoms. The van der Waals surface area contributed by atoms with Crippen molar-refractivity contribution in [2.75, 3.05) is 11.4 Å². The quantitative estimate of drug-likeness (QED) is 0.751. The molecule has 1 amide bonds. The number of nitrogens with one attached hydrogen (secondary N) is 1. The van der Waals surface area contributed by atoms with Crippen LogP contribution in [0.25, 0.3) is 10.9 Å². The van der Waals surface area contributed by atoms with Gasteiger partial charge in [-0.15, -0.1) is 0 Å². The molecule has 16 heavy (non-hydrogen) atoms. The number of amides is 1. The Morgan fingerprint density at radius 3 is 3.00 bits per heavy atom. The second-order valence-corrected chi connectivity index (χ2v) is 4.18. The van der Waals surface area contributed by atoms with Crippen molar-refractivity contribution in [3.63, 3.8) is 0 Å². The van der Waals surface area contributed by atoms with Crippen LogP contribution in [0.2, 0.25) is 0 Å². The summed E-state index contributed by atoms with van der Waals surface area (Å²) in [5.41, 5.74) is 7.80. The Morgan fingerprint density at radius 1 is 1.38 bits per heavy atom. The highest BCUT2D eigenvalue weighted by molar-refractivity contribution is 6.04. The molecular formula is C12H13N3O. The maximum Gasteiger partial charge on any atom is 0.228 e. The third-order valence-corrected chi connectivity index (χ3v) is 3.02. The Morgan fingerprint density at radius 2 is 2.25 bits per heavy atom. The topological polar surface area (TPSA) is 62.1 Å². The van der Waals surface area contributed by atoms with Crippen LogP contribution >= 0.6 is 0 Å². The number of benzene rings is 1. The molecule has 2 aromatic rings. The highest BCUT2D eigenvalue weighted by Crippen LogP contribution is 2.28. The average molecular weight is 215 g/mol. The highest BCUT2D eigenvalue weighted by atomic mass is 16.2. The van der Waals surface area contributed by atoms with Gasteiger partial charge in [0.2, 0.25) is 5.91 Å². The smallest absolute Gasteiger partial charge is 0.228 e. The number of carbonyl (C=O) groups is 1. The fourth-order valence-corrected chi connectivity index (χ4v) is 2.27. The Bertz CT molecular complexity index is 546. The van der Waals surface area contributed by atoms with Crippen LogP contribution in [0, 0.1) is 0 Å². The Kier molecular flexibility index (Phi) is 1.97. The molecule has 3 rings (SSSR count). The van der Waals surface area contributed by atoms with Crippen molar-refractivity contribution in [1.82, 2.24) is 4.98 Å². The summed E-state index contributed by atoms with van der Waals surface area (Å²) in [6.07, 6.45) is 2.33. The lowest BCUT2D eigenvalue weighted by Crippen LogP contribution is -2.28. The SMILES string of the molecule is NC1CC(=O)N(c2cccc3[nH]ccc23)C1. The van der Waals surface area contributed by atoms with Crippen LogP contribution in [-0.2, 0) is 4.79 Å². The summed E-state index contributed by atoms with van der Waals surface area (Å²) in [7, 11) is 0. The summed E-state index contributed by atoms with van der Waals surface area (Å²) >= 11 is 0. The fourth-order valence-electron chi connectivity index (χ4n) is 2.27. The molecule has 4 heteroatoms. The summed E-state index contributed by atoms with van der Waals surface area (Å²) in [5.74, 6) is 0.112. The summed E-state index contributed by atoms with van der Waals surface area (Å²) in [4.78, 5) is 16.7. The van der Waals surface area contributed by atoms with E-state index in [1.165, 1.54) is 0 Å². The number of hydrogen-bond donors (Lipinski definition) is 2. The molecule has 3 N–H and O–H groups in total. The number of hydrogen-bond acceptors (Lipinski definition) is 2. The van der Waals surface area contributed by atoms with Gasteiger partial charge in [-0.1, -0.05) is 6.07 Å². The van der Waals surface area contributed by atoms with Crippen LogP contribution in [0.3, 0.4) is 0 Å². The van der Waals surface area contributed by atoms with Gasteiger partial charge in [-0.2, -0.15) is 0 Å². The zero-order chi connectivity index (χ0) is 11.1. The number of nitrogens with two attached hydrogens (primary N) is 1. The van der Waals surface area contributed by atoms with Crippen molar-refractivity contribution in [1.29, 1.82) is 0 Å². The molecule has 1 saturated heterocycles. The molecule has 1 aliphatic rings. The van der Waals surface area contributed by atoms with Crippen molar-refractivity contribution in [3.05, 3.63) is 30.5 Å². The van der Waals surface area contributed by atoms with E-state index in [0.717, 1.165) is 16.6 Å². The van der Waals surface area contributed by atoms with E-state index < -0.39 is 0 Å². The minimum absolute atomic E-state index is 0.0401. The number of rotatable bonds is 1. The first-order valence-electron chi connectivity index (χ1n) is 5.38. The molecule has 0 radical (unpaired) electrons. The van der Waals surface area contributed by atoms with Crippen molar-refractivity contribution in [2.24, 2.45) is 5.73 Å². The van der Waals surface area contributed by atoms with E-state index in [1.54, 1.807) is 4.90 Å². The van der Waals surface area contributed by atoms with Crippen LogP contribution in [0.5, 0.6) is 0 Å². The van der Waals surface area contributed by atoms with Gasteiger partial charge in [0.25, 0.3) is 0 Å². The number of fused-ring (bicyclic) bond motifs is 1. The lowest BCUT2D eigenvalue weighted by Gasteiger charge is -2.17. The first-order valence-corrected chi connectivity index (χ1v) is 5.38. The second-order valence-electron chi connectivity index (χ2n) is 4.18. The van der Waals surface area contributed by atoms with E-state index in [0.29, 0.717) is 13.0 Å². The Hall–Kier alpha value is -1.81. The molecule has 1 fully saturated rings. The zero-order valence-corrected chi connectivity index (χ0v) is 8.81. The number of anilines is 1. The summed E-state index contributed by atoms with van der Waals surface area (Å²) in [6, 6.07) is 7.86. The normalized spacial score (nSPS) is 20.9. The Labute approximate surface area is 93.0 Å². The van der Waals surface area contributed by atoms with Crippen LogP contribution < -0.4 is 10.6 Å². The minimum atomic E-state index is -0.0401. The third-order valence-electron chi connectivity index (χ3n) is 3.02. The Balaban J connectivity index is 2.12. The van der Waals surface area contributed by atoms with Crippen LogP contribution in [0.15, 0.2) is 30.5 Å². The summed E-state index contributed by atoms with van der Waals surface area (Å²) < 4.78 is 0. The first-order chi connectivity index (χ1) is 7.75. The maximum atomic E-state index is 11.8. The summed E-state index contributed by atoms with van der Waals surface area (Å²) in [5, 5.41) is 1.07. The molecule has 0 spiro atoms. The molecule has 1 atom stereocenters. The van der Waals surface area contributed by atoms with E-state index in [9.17, 15) is 4.79 Å². The molecular weight excluding hydrogens is 202 g/mol. The van der Waals surface area contributed by atoms with E-state index in [-0.39, 0.29) is 11.9 Å². The van der Waals surface area contributed by atoms with Crippen LogP contribution in [0.4, 0.5) is 5.69 Å². The average Bonchev–Trinajstić information content (AvgIpc) is 2.84. The van der Waals surface area contributed by atoms with E-state index in [4.69, 9.17) is 5.73 Å². The molecule has 0 saturated carbocycles. The van der Waals surface area contributed by atoms with Gasteiger partial charge in [0.1, 0.15) is 0 Å². The van der Waals surface area contributed by atoms with Gasteiger partial charge in [-0.05, 0) is 18.2 Å². The van der Waals surface area contributed by atoms with Gasteiger partial charge in [-0.3, -0.25) is 4.79 Å². The third kappa shape index (κ3) is 1.31. The number of H-pyrrole nitrogens is 1. The molecule has 1 unspecified atom stereocenters. The fraction of sp³-hybridized carbons (Fsp3) is 0.250. The van der Waals surface area contributed by atoms with Gasteiger partial charge in [0, 0.05) is 36.1 Å². The molecule has 4 nitrogen and oxygen atoms in total. The largest absolute Gasteiger partial charge is 0.361 e. The van der Waals surface area contributed by atoms with Gasteiger partial charge >= 0.3 is 0 Å². The number of aromatic amines is 1. The van der Waals surface area contributed by atoms with Crippen molar-refractivity contribution < 1.29 is 4.79 Å². The molecule has 1 aliphatic heterocycles. The van der Waals surface area contributed by atoms with E-state index >= 15 is 0 Å². The first kappa shape index (κ1) is 9.42. The van der Waals surface area contributed by atoms with Gasteiger partial charge in [0.05, 0.1) is 5.69 Å². The predicted molar refractivity (Wildman–Crippen MR) is 63.2 cm³/mol. The lowest BCUT2D eigenvalue weighted by molar-refractivity contribution is -0.117. The lowest BCUT2D eigenvalue weighted by atomic mass is 10.2. The number of aromatic nitrogens is 1. The molecule has 2 heterocycles. The van der Waals surface area contributed by atoms with Crippen LogP contribution in [0.1, 0.15) is 6.42 Å². The van der Waals surface area contributed by atoms with Crippen LogP contribution in [-0.4, -0.2) is 23.5 Å². The van der Waals surface area contributed by atoms with E-state index in [1.807, 2.05) is 30.5 Å². The van der Waals surface area contributed by atoms with Gasteiger partial charge in [-0.25, -0.2) is 0 Å². The standard InChI is InChI=1S/C12H13N3O/c13-8-6-12(16)15(7-8)11-3-1-2-10-9(11)4-5-14-10/h1-5,8,14H,6-7,13H2. The molecule has 1 aromatic carbocycles. The maximum absolute atomic E-state index is 11.8. The van der Waals surface area contributed by atoms with Crippen molar-refractivity contribution >= 4 is 22.5 Å². The van der Waals surface area contributed by atoms with E-state index in [2.05, 4.69) is 4.98 Å². The molecule has 0 aliphatic carbocycles. The minimum Gasteiger partial charge on any atom is -0.361 e. The zero-order valence-electron chi connectivity index (χ0n) is 8.81. The van der Waals surface area contributed by atoms with Crippen molar-refractivity contribution in [3.8, 4) is 0 Å². The number of carbonyl (C=O) groups excluding carboxylic acids is 1. The van der Waals surface area contributed by atoms with Gasteiger partial charge in [0.15, 0.2) is 0 Å². The predicted octanol–water partition coefficient (Wildman–Crippen LogP) is 1.23. The van der Waals surface area contributed by atoms with Gasteiger partial charge < -0.3 is 15.6 Å². The summed E-state index contributed by atoms with van der Waals surface area (Å²) in [6.45, 7) is 0.614.